The van der Waals surface area contributed by atoms with Gasteiger partial charge < -0.3 is 10.0 Å². The second kappa shape index (κ2) is 5.34. The Kier molecular flexibility index (Phi) is 4.53. The molecule has 96 valence electrons. The Hall–Kier alpha value is -0.640. The summed E-state index contributed by atoms with van der Waals surface area (Å²) in [5.74, 6) is -0.369. The second-order valence-corrected chi connectivity index (χ2v) is 5.44. The van der Waals surface area contributed by atoms with Crippen molar-refractivity contribution in [3.63, 3.8) is 0 Å². The molecule has 0 aromatic heterocycles. The summed E-state index contributed by atoms with van der Waals surface area (Å²) >= 11 is 5.68. The molecule has 0 saturated carbocycles. The van der Waals surface area contributed by atoms with Gasteiger partial charge in [-0.1, -0.05) is 17.7 Å². The number of likely N-dealkylation sites (N-methyl/N-ethyl adjacent to an activating group) is 1. The molecule has 0 radical (unpaired) electrons. The highest BCUT2D eigenvalue weighted by molar-refractivity contribution is 6.30. The molecule has 2 nitrogen and oxygen atoms in total. The lowest BCUT2D eigenvalue weighted by Gasteiger charge is -2.37. The monoisotopic (exact) mass is 259 g/mol. The molecule has 1 aromatic carbocycles. The van der Waals surface area contributed by atoms with Crippen LogP contribution in [0.3, 0.4) is 0 Å². The van der Waals surface area contributed by atoms with Crippen LogP contribution in [0.2, 0.25) is 5.02 Å². The first-order chi connectivity index (χ1) is 7.75. The first-order valence-electron chi connectivity index (χ1n) is 5.54. The van der Waals surface area contributed by atoms with Gasteiger partial charge in [0.05, 0.1) is 6.10 Å². The van der Waals surface area contributed by atoms with Crippen molar-refractivity contribution in [1.82, 2.24) is 4.90 Å². The van der Waals surface area contributed by atoms with Gasteiger partial charge in [-0.05, 0) is 45.6 Å². The Labute approximate surface area is 107 Å². The molecule has 17 heavy (non-hydrogen) atoms. The van der Waals surface area contributed by atoms with Crippen LogP contribution < -0.4 is 0 Å². The van der Waals surface area contributed by atoms with E-state index in [0.717, 1.165) is 0 Å². The topological polar surface area (TPSA) is 23.5 Å². The van der Waals surface area contributed by atoms with Crippen molar-refractivity contribution in [1.29, 1.82) is 0 Å². The second-order valence-electron chi connectivity index (χ2n) is 5.00. The van der Waals surface area contributed by atoms with Crippen LogP contribution in [0.1, 0.15) is 19.4 Å². The van der Waals surface area contributed by atoms with E-state index < -0.39 is 11.6 Å². The van der Waals surface area contributed by atoms with Gasteiger partial charge in [0.15, 0.2) is 0 Å². The highest BCUT2D eigenvalue weighted by atomic mass is 35.5. The molecule has 1 unspecified atom stereocenters. The maximum atomic E-state index is 13.6. The molecule has 4 heteroatoms. The Bertz CT molecular complexity index is 393. The summed E-state index contributed by atoms with van der Waals surface area (Å²) < 4.78 is 13.6. The maximum absolute atomic E-state index is 13.6. The molecule has 0 aliphatic heterocycles. The van der Waals surface area contributed by atoms with Crippen LogP contribution in [0.15, 0.2) is 18.2 Å². The molecule has 1 rings (SSSR count). The van der Waals surface area contributed by atoms with Crippen LogP contribution in [0, 0.1) is 5.82 Å². The molecule has 0 aliphatic rings. The third-order valence-electron chi connectivity index (χ3n) is 3.40. The van der Waals surface area contributed by atoms with E-state index in [1.807, 2.05) is 32.8 Å². The summed E-state index contributed by atoms with van der Waals surface area (Å²) in [5.41, 5.74) is 0.0725. The minimum Gasteiger partial charge on any atom is -0.391 e. The van der Waals surface area contributed by atoms with Crippen molar-refractivity contribution in [3.05, 3.63) is 34.6 Å². The minimum absolute atomic E-state index is 0.272. The zero-order valence-electron chi connectivity index (χ0n) is 10.7. The van der Waals surface area contributed by atoms with Crippen molar-refractivity contribution in [3.8, 4) is 0 Å². The Morgan fingerprint density at radius 1 is 1.41 bits per heavy atom. The highest BCUT2D eigenvalue weighted by Gasteiger charge is 2.30. The standard InChI is InChI=1S/C13H19ClFNO/c1-13(2,16(3)4)12(17)7-9-5-6-10(14)8-11(9)15/h5-6,8,12,17H,7H2,1-4H3. The first kappa shape index (κ1) is 14.4. The minimum atomic E-state index is -0.645. The lowest BCUT2D eigenvalue weighted by Crippen LogP contribution is -2.49. The summed E-state index contributed by atoms with van der Waals surface area (Å²) in [6.07, 6.45) is -0.373. The van der Waals surface area contributed by atoms with Crippen molar-refractivity contribution in [2.24, 2.45) is 0 Å². The molecule has 0 saturated heterocycles. The number of nitrogens with zero attached hydrogens (tertiary/aromatic N) is 1. The van der Waals surface area contributed by atoms with Crippen molar-refractivity contribution in [2.75, 3.05) is 14.1 Å². The molecular weight excluding hydrogens is 241 g/mol. The van der Waals surface area contributed by atoms with Crippen LogP contribution in [-0.2, 0) is 6.42 Å². The van der Waals surface area contributed by atoms with Crippen molar-refractivity contribution < 1.29 is 9.50 Å². The van der Waals surface area contributed by atoms with Crippen LogP contribution in [-0.4, -0.2) is 35.7 Å². The number of rotatable bonds is 4. The largest absolute Gasteiger partial charge is 0.391 e. The van der Waals surface area contributed by atoms with Gasteiger partial charge in [-0.15, -0.1) is 0 Å². The van der Waals surface area contributed by atoms with Crippen molar-refractivity contribution >= 4 is 11.6 Å². The van der Waals surface area contributed by atoms with Crippen LogP contribution in [0.25, 0.3) is 0 Å². The average Bonchev–Trinajstić information content (AvgIpc) is 2.21. The van der Waals surface area contributed by atoms with Gasteiger partial charge in [-0.2, -0.15) is 0 Å². The summed E-state index contributed by atoms with van der Waals surface area (Å²) in [6.45, 7) is 3.84. The van der Waals surface area contributed by atoms with E-state index in [1.54, 1.807) is 12.1 Å². The maximum Gasteiger partial charge on any atom is 0.127 e. The van der Waals surface area contributed by atoms with Gasteiger partial charge in [0.1, 0.15) is 5.82 Å². The normalized spacial score (nSPS) is 14.1. The van der Waals surface area contributed by atoms with Gasteiger partial charge in [-0.25, -0.2) is 4.39 Å². The van der Waals surface area contributed by atoms with E-state index >= 15 is 0 Å². The number of hydrogen-bond acceptors (Lipinski definition) is 2. The molecule has 0 bridgehead atoms. The molecule has 0 amide bonds. The lowest BCUT2D eigenvalue weighted by molar-refractivity contribution is 0.0178. The quantitative estimate of drug-likeness (QED) is 0.899. The Morgan fingerprint density at radius 2 is 2.00 bits per heavy atom. The lowest BCUT2D eigenvalue weighted by atomic mass is 9.90. The third-order valence-corrected chi connectivity index (χ3v) is 3.63. The van der Waals surface area contributed by atoms with E-state index in [0.29, 0.717) is 10.6 Å². The SMILES string of the molecule is CN(C)C(C)(C)C(O)Cc1ccc(Cl)cc1F. The van der Waals surface area contributed by atoms with Gasteiger partial charge in [0.25, 0.3) is 0 Å². The average molecular weight is 260 g/mol. The Balaban J connectivity index is 2.84. The molecule has 0 heterocycles. The summed E-state index contributed by atoms with van der Waals surface area (Å²) in [4.78, 5) is 1.92. The fourth-order valence-corrected chi connectivity index (χ4v) is 1.60. The van der Waals surface area contributed by atoms with Gasteiger partial charge in [0.2, 0.25) is 0 Å². The van der Waals surface area contributed by atoms with Gasteiger partial charge in [0, 0.05) is 17.0 Å². The van der Waals surface area contributed by atoms with Crippen LogP contribution >= 0.6 is 11.6 Å². The predicted octanol–water partition coefficient (Wildman–Crippen LogP) is 2.72. The molecule has 0 aliphatic carbocycles. The summed E-state index contributed by atoms with van der Waals surface area (Å²) in [7, 11) is 3.78. The fraction of sp³-hybridized carbons (Fsp3) is 0.538. The Morgan fingerprint density at radius 3 is 2.47 bits per heavy atom. The fourth-order valence-electron chi connectivity index (χ4n) is 1.44. The smallest absolute Gasteiger partial charge is 0.127 e. The number of benzene rings is 1. The first-order valence-corrected chi connectivity index (χ1v) is 5.92. The summed E-state index contributed by atoms with van der Waals surface area (Å²) in [6, 6.07) is 4.52. The zero-order valence-corrected chi connectivity index (χ0v) is 11.4. The predicted molar refractivity (Wildman–Crippen MR) is 68.9 cm³/mol. The van der Waals surface area contributed by atoms with E-state index in [1.165, 1.54) is 6.07 Å². The van der Waals surface area contributed by atoms with Crippen LogP contribution in [0.5, 0.6) is 0 Å². The molecule has 0 fully saturated rings. The number of hydrogen-bond donors (Lipinski definition) is 1. The summed E-state index contributed by atoms with van der Waals surface area (Å²) in [5, 5.41) is 10.5. The van der Waals surface area contributed by atoms with E-state index in [4.69, 9.17) is 11.6 Å². The van der Waals surface area contributed by atoms with Gasteiger partial charge >= 0.3 is 0 Å². The molecule has 1 aromatic rings. The van der Waals surface area contributed by atoms with E-state index in [9.17, 15) is 9.50 Å². The van der Waals surface area contributed by atoms with Crippen molar-refractivity contribution in [2.45, 2.75) is 31.9 Å². The molecular formula is C13H19ClFNO. The third kappa shape index (κ3) is 3.41. The number of halogens is 2. The molecule has 1 atom stereocenters. The van der Waals surface area contributed by atoms with Crippen LogP contribution in [0.4, 0.5) is 4.39 Å². The zero-order chi connectivity index (χ0) is 13.2. The van der Waals surface area contributed by atoms with Gasteiger partial charge in [-0.3, -0.25) is 0 Å². The molecule has 0 spiro atoms. The number of aliphatic hydroxyl groups excluding tert-OH is 1. The number of aliphatic hydroxyl groups is 1. The molecule has 1 N–H and O–H groups in total. The highest BCUT2D eigenvalue weighted by Crippen LogP contribution is 2.22. The van der Waals surface area contributed by atoms with E-state index in [-0.39, 0.29) is 12.2 Å². The van der Waals surface area contributed by atoms with E-state index in [2.05, 4.69) is 0 Å².